The summed E-state index contributed by atoms with van der Waals surface area (Å²) < 4.78 is 11.2. The highest BCUT2D eigenvalue weighted by molar-refractivity contribution is 9.10. The minimum atomic E-state index is -1.13. The molecular weight excluding hydrogens is 374 g/mol. The van der Waals surface area contributed by atoms with Crippen LogP contribution in [0.5, 0.6) is 0 Å². The first-order valence-corrected chi connectivity index (χ1v) is 8.78. The lowest BCUT2D eigenvalue weighted by Gasteiger charge is -2.39. The number of aliphatic hydroxyl groups is 1. The first-order chi connectivity index (χ1) is 11.6. The van der Waals surface area contributed by atoms with Crippen molar-refractivity contribution in [1.29, 1.82) is 0 Å². The predicted molar refractivity (Wildman–Crippen MR) is 92.6 cm³/mol. The van der Waals surface area contributed by atoms with E-state index < -0.39 is 5.60 Å². The maximum absolute atomic E-state index is 12.3. The summed E-state index contributed by atoms with van der Waals surface area (Å²) in [4.78, 5) is 12.3. The van der Waals surface area contributed by atoms with Crippen LogP contribution in [0.15, 0.2) is 51.6 Å². The molecule has 128 valence electrons. The fourth-order valence-corrected chi connectivity index (χ4v) is 3.43. The molecular formula is C18H20BrNO4. The van der Waals surface area contributed by atoms with E-state index in [1.165, 1.54) is 0 Å². The van der Waals surface area contributed by atoms with Gasteiger partial charge in [0.15, 0.2) is 10.4 Å². The molecule has 1 aliphatic heterocycles. The van der Waals surface area contributed by atoms with E-state index in [2.05, 4.69) is 21.2 Å². The lowest BCUT2D eigenvalue weighted by molar-refractivity contribution is -0.0681. The number of hydrogen-bond donors (Lipinski definition) is 2. The Balaban J connectivity index is 1.78. The van der Waals surface area contributed by atoms with E-state index >= 15 is 0 Å². The Morgan fingerprint density at radius 1 is 1.21 bits per heavy atom. The monoisotopic (exact) mass is 393 g/mol. The van der Waals surface area contributed by atoms with Gasteiger partial charge in [-0.2, -0.15) is 0 Å². The molecule has 2 heterocycles. The van der Waals surface area contributed by atoms with Crippen LogP contribution in [-0.4, -0.2) is 30.8 Å². The molecule has 0 spiro atoms. The van der Waals surface area contributed by atoms with Crippen LogP contribution in [-0.2, 0) is 10.3 Å². The Bertz CT molecular complexity index is 681. The zero-order valence-corrected chi connectivity index (χ0v) is 14.8. The standard InChI is InChI=1S/C18H20BrNO4/c19-16-7-6-15(24-16)17(21)20-12-18(22,13-4-2-1-3-5-13)14-8-10-23-11-9-14/h1-7,14,22H,8-12H2,(H,20,21)/t18-/m1/s1. The molecule has 2 aromatic rings. The molecule has 24 heavy (non-hydrogen) atoms. The summed E-state index contributed by atoms with van der Waals surface area (Å²) in [6.45, 7) is 1.37. The molecule has 1 fully saturated rings. The molecule has 1 aliphatic rings. The second kappa shape index (κ2) is 7.51. The lowest BCUT2D eigenvalue weighted by atomic mass is 9.77. The van der Waals surface area contributed by atoms with Crippen LogP contribution >= 0.6 is 15.9 Å². The molecule has 0 unspecified atom stereocenters. The van der Waals surface area contributed by atoms with Crippen LogP contribution < -0.4 is 5.32 Å². The van der Waals surface area contributed by atoms with Gasteiger partial charge in [0.05, 0.1) is 6.54 Å². The number of carbonyl (C=O) groups excluding carboxylic acids is 1. The highest BCUT2D eigenvalue weighted by Crippen LogP contribution is 2.35. The van der Waals surface area contributed by atoms with Gasteiger partial charge in [-0.05, 0) is 52.4 Å². The van der Waals surface area contributed by atoms with Gasteiger partial charge in [0.1, 0.15) is 5.60 Å². The Morgan fingerprint density at radius 3 is 2.54 bits per heavy atom. The quantitative estimate of drug-likeness (QED) is 0.818. The van der Waals surface area contributed by atoms with Gasteiger partial charge < -0.3 is 19.6 Å². The molecule has 1 atom stereocenters. The van der Waals surface area contributed by atoms with Gasteiger partial charge in [0.2, 0.25) is 0 Å². The van der Waals surface area contributed by atoms with E-state index in [-0.39, 0.29) is 24.1 Å². The van der Waals surface area contributed by atoms with Crippen LogP contribution in [0.1, 0.15) is 29.0 Å². The summed E-state index contributed by atoms with van der Waals surface area (Å²) in [5.74, 6) is -0.108. The molecule has 0 radical (unpaired) electrons. The number of ether oxygens (including phenoxy) is 1. The number of rotatable bonds is 5. The summed E-state index contributed by atoms with van der Waals surface area (Å²) in [6.07, 6.45) is 1.52. The first kappa shape index (κ1) is 17.2. The minimum absolute atomic E-state index is 0.0253. The van der Waals surface area contributed by atoms with Gasteiger partial charge in [-0.1, -0.05) is 30.3 Å². The maximum atomic E-state index is 12.3. The largest absolute Gasteiger partial charge is 0.444 e. The van der Waals surface area contributed by atoms with E-state index in [4.69, 9.17) is 9.15 Å². The van der Waals surface area contributed by atoms with Gasteiger partial charge in [-0.3, -0.25) is 4.79 Å². The molecule has 6 heteroatoms. The van der Waals surface area contributed by atoms with E-state index in [1.807, 2.05) is 30.3 Å². The van der Waals surface area contributed by atoms with Crippen LogP contribution in [0.3, 0.4) is 0 Å². The van der Waals surface area contributed by atoms with Crippen molar-refractivity contribution in [2.45, 2.75) is 18.4 Å². The molecule has 1 aromatic carbocycles. The molecule has 3 rings (SSSR count). The second-order valence-corrected chi connectivity index (χ2v) is 6.74. The van der Waals surface area contributed by atoms with Crippen LogP contribution in [0, 0.1) is 5.92 Å². The van der Waals surface area contributed by atoms with E-state index in [9.17, 15) is 9.90 Å². The molecule has 1 saturated heterocycles. The summed E-state index contributed by atoms with van der Waals surface area (Å²) in [7, 11) is 0. The molecule has 1 aromatic heterocycles. The smallest absolute Gasteiger partial charge is 0.287 e. The Kier molecular flexibility index (Phi) is 5.38. The summed E-state index contributed by atoms with van der Waals surface area (Å²) in [6, 6.07) is 12.7. The normalized spacial score (nSPS) is 18.1. The second-order valence-electron chi connectivity index (χ2n) is 5.96. The average Bonchev–Trinajstić information content (AvgIpc) is 3.07. The van der Waals surface area contributed by atoms with Crippen molar-refractivity contribution in [2.24, 2.45) is 5.92 Å². The summed E-state index contributed by atoms with van der Waals surface area (Å²) >= 11 is 3.18. The topological polar surface area (TPSA) is 71.7 Å². The minimum Gasteiger partial charge on any atom is -0.444 e. The zero-order valence-electron chi connectivity index (χ0n) is 13.2. The fourth-order valence-electron chi connectivity index (χ4n) is 3.12. The third kappa shape index (κ3) is 3.71. The van der Waals surface area contributed by atoms with Crippen LogP contribution in [0.2, 0.25) is 0 Å². The third-order valence-electron chi connectivity index (χ3n) is 4.49. The molecule has 5 nitrogen and oxygen atoms in total. The van der Waals surface area contributed by atoms with E-state index in [0.29, 0.717) is 17.9 Å². The van der Waals surface area contributed by atoms with Crippen LogP contribution in [0.4, 0.5) is 0 Å². The molecule has 0 aliphatic carbocycles. The Morgan fingerprint density at radius 2 is 1.92 bits per heavy atom. The van der Waals surface area contributed by atoms with Gasteiger partial charge in [0, 0.05) is 13.2 Å². The number of furan rings is 1. The summed E-state index contributed by atoms with van der Waals surface area (Å²) in [5.41, 5.74) is -0.331. The molecule has 0 bridgehead atoms. The van der Waals surface area contributed by atoms with Crippen molar-refractivity contribution in [3.63, 3.8) is 0 Å². The lowest BCUT2D eigenvalue weighted by Crippen LogP contribution is -2.47. The van der Waals surface area contributed by atoms with Crippen molar-refractivity contribution in [2.75, 3.05) is 19.8 Å². The van der Waals surface area contributed by atoms with Gasteiger partial charge in [-0.15, -0.1) is 0 Å². The first-order valence-electron chi connectivity index (χ1n) is 7.99. The van der Waals surface area contributed by atoms with Crippen molar-refractivity contribution >= 4 is 21.8 Å². The van der Waals surface area contributed by atoms with Crippen molar-refractivity contribution in [1.82, 2.24) is 5.32 Å². The van der Waals surface area contributed by atoms with Gasteiger partial charge in [0.25, 0.3) is 5.91 Å². The Labute approximate surface area is 149 Å². The van der Waals surface area contributed by atoms with E-state index in [1.54, 1.807) is 12.1 Å². The van der Waals surface area contributed by atoms with Crippen LogP contribution in [0.25, 0.3) is 0 Å². The third-order valence-corrected chi connectivity index (χ3v) is 4.91. The zero-order chi connectivity index (χ0) is 17.0. The number of amides is 1. The predicted octanol–water partition coefficient (Wildman–Crippen LogP) is 3.09. The van der Waals surface area contributed by atoms with Gasteiger partial charge >= 0.3 is 0 Å². The fraction of sp³-hybridized carbons (Fsp3) is 0.389. The highest BCUT2D eigenvalue weighted by Gasteiger charge is 2.39. The van der Waals surface area contributed by atoms with Crippen molar-refractivity contribution in [3.05, 3.63) is 58.5 Å². The molecule has 2 N–H and O–H groups in total. The number of halogens is 1. The van der Waals surface area contributed by atoms with E-state index in [0.717, 1.165) is 18.4 Å². The number of nitrogens with one attached hydrogen (secondary N) is 1. The molecule has 1 amide bonds. The number of hydrogen-bond acceptors (Lipinski definition) is 4. The number of benzene rings is 1. The Hall–Kier alpha value is -1.63. The van der Waals surface area contributed by atoms with Crippen molar-refractivity contribution < 1.29 is 19.1 Å². The summed E-state index contributed by atoms with van der Waals surface area (Å²) in [5, 5.41) is 14.2. The highest BCUT2D eigenvalue weighted by atomic mass is 79.9. The van der Waals surface area contributed by atoms with Gasteiger partial charge in [-0.25, -0.2) is 0 Å². The molecule has 0 saturated carbocycles. The number of carbonyl (C=O) groups is 1. The maximum Gasteiger partial charge on any atom is 0.287 e. The average molecular weight is 394 g/mol. The van der Waals surface area contributed by atoms with Crippen molar-refractivity contribution in [3.8, 4) is 0 Å². The SMILES string of the molecule is O=C(NC[C@@](O)(c1ccccc1)C1CCOCC1)c1ccc(Br)o1.